The second kappa shape index (κ2) is 4.47. The molecule has 1 saturated heterocycles. The zero-order chi connectivity index (χ0) is 11.6. The van der Waals surface area contributed by atoms with Crippen LogP contribution in [0.25, 0.3) is 0 Å². The monoisotopic (exact) mass is 214 g/mol. The SMILES string of the molecule is CCNC1C(=O)N(C(C)(C)C)NCC1N. The van der Waals surface area contributed by atoms with Gasteiger partial charge in [0, 0.05) is 12.6 Å². The van der Waals surface area contributed by atoms with E-state index in [4.69, 9.17) is 5.73 Å². The van der Waals surface area contributed by atoms with E-state index in [9.17, 15) is 4.79 Å². The van der Waals surface area contributed by atoms with Gasteiger partial charge in [-0.3, -0.25) is 9.80 Å². The molecule has 0 bridgehead atoms. The van der Waals surface area contributed by atoms with E-state index in [1.54, 1.807) is 5.01 Å². The molecule has 1 rings (SSSR count). The van der Waals surface area contributed by atoms with Gasteiger partial charge in [-0.25, -0.2) is 5.43 Å². The Balaban J connectivity index is 2.77. The van der Waals surface area contributed by atoms with Crippen LogP contribution in [0, 0.1) is 0 Å². The minimum atomic E-state index is -0.268. The largest absolute Gasteiger partial charge is 0.325 e. The molecule has 0 spiro atoms. The molecule has 1 heterocycles. The van der Waals surface area contributed by atoms with Gasteiger partial charge in [0.1, 0.15) is 6.04 Å². The number of amides is 1. The van der Waals surface area contributed by atoms with Crippen LogP contribution in [0.3, 0.4) is 0 Å². The normalized spacial score (nSPS) is 28.3. The van der Waals surface area contributed by atoms with Gasteiger partial charge in [0.15, 0.2) is 0 Å². The predicted octanol–water partition coefficient (Wildman–Crippen LogP) is -0.563. The first-order chi connectivity index (χ1) is 6.88. The van der Waals surface area contributed by atoms with Crippen molar-refractivity contribution in [2.24, 2.45) is 5.73 Å². The molecule has 2 unspecified atom stereocenters. The van der Waals surface area contributed by atoms with Crippen LogP contribution in [0.2, 0.25) is 0 Å². The summed E-state index contributed by atoms with van der Waals surface area (Å²) in [5, 5.41) is 4.80. The lowest BCUT2D eigenvalue weighted by Crippen LogP contribution is -2.70. The molecule has 0 aromatic heterocycles. The third-order valence-corrected chi connectivity index (χ3v) is 2.49. The number of nitrogens with two attached hydrogens (primary N) is 1. The van der Waals surface area contributed by atoms with E-state index in [-0.39, 0.29) is 23.5 Å². The number of carbonyl (C=O) groups is 1. The number of carbonyl (C=O) groups excluding carboxylic acids is 1. The number of hydrogen-bond acceptors (Lipinski definition) is 4. The maximum atomic E-state index is 12.1. The van der Waals surface area contributed by atoms with Gasteiger partial charge in [-0.05, 0) is 27.3 Å². The predicted molar refractivity (Wildman–Crippen MR) is 60.0 cm³/mol. The molecule has 1 aliphatic rings. The van der Waals surface area contributed by atoms with Gasteiger partial charge in [0.25, 0.3) is 5.91 Å². The van der Waals surface area contributed by atoms with Gasteiger partial charge in [-0.1, -0.05) is 6.92 Å². The standard InChI is InChI=1S/C10H22N4O/c1-5-12-8-7(11)6-13-14(9(8)15)10(2,3)4/h7-8,12-13H,5-6,11H2,1-4H3. The van der Waals surface area contributed by atoms with Crippen LogP contribution in [0.4, 0.5) is 0 Å². The van der Waals surface area contributed by atoms with E-state index in [1.165, 1.54) is 0 Å². The van der Waals surface area contributed by atoms with Crippen molar-refractivity contribution in [2.75, 3.05) is 13.1 Å². The van der Waals surface area contributed by atoms with Crippen LogP contribution in [-0.4, -0.2) is 41.6 Å². The first-order valence-electron chi connectivity index (χ1n) is 5.44. The molecule has 2 atom stereocenters. The second-order valence-electron chi connectivity index (χ2n) is 4.91. The number of nitrogens with zero attached hydrogens (tertiary/aromatic N) is 1. The Bertz CT molecular complexity index is 236. The van der Waals surface area contributed by atoms with Crippen molar-refractivity contribution in [2.45, 2.75) is 45.3 Å². The zero-order valence-corrected chi connectivity index (χ0v) is 10.0. The smallest absolute Gasteiger partial charge is 0.255 e. The average Bonchev–Trinajstić information content (AvgIpc) is 2.09. The number of likely N-dealkylation sites (N-methyl/N-ethyl adjacent to an activating group) is 1. The molecule has 0 aliphatic carbocycles. The van der Waals surface area contributed by atoms with Crippen LogP contribution in [0.5, 0.6) is 0 Å². The van der Waals surface area contributed by atoms with E-state index < -0.39 is 0 Å². The fourth-order valence-electron chi connectivity index (χ4n) is 1.74. The summed E-state index contributed by atoms with van der Waals surface area (Å²) in [6, 6.07) is -0.425. The van der Waals surface area contributed by atoms with Crippen LogP contribution in [-0.2, 0) is 4.79 Å². The summed E-state index contributed by atoms with van der Waals surface area (Å²) < 4.78 is 0. The van der Waals surface area contributed by atoms with Crippen LogP contribution >= 0.6 is 0 Å². The van der Waals surface area contributed by atoms with Crippen molar-refractivity contribution in [1.82, 2.24) is 15.8 Å². The van der Waals surface area contributed by atoms with Gasteiger partial charge < -0.3 is 11.1 Å². The molecule has 88 valence electrons. The maximum Gasteiger partial charge on any atom is 0.255 e. The number of hydrogen-bond donors (Lipinski definition) is 3. The Hall–Kier alpha value is -0.650. The van der Waals surface area contributed by atoms with E-state index in [2.05, 4.69) is 10.7 Å². The third kappa shape index (κ3) is 2.68. The zero-order valence-electron chi connectivity index (χ0n) is 10.0. The molecule has 5 heteroatoms. The topological polar surface area (TPSA) is 70.4 Å². The Morgan fingerprint density at radius 2 is 2.20 bits per heavy atom. The first kappa shape index (κ1) is 12.4. The molecule has 0 aromatic rings. The molecule has 0 aromatic carbocycles. The second-order valence-corrected chi connectivity index (χ2v) is 4.91. The van der Waals surface area contributed by atoms with E-state index in [0.717, 1.165) is 6.54 Å². The molecule has 0 radical (unpaired) electrons. The molecule has 0 saturated carbocycles. The average molecular weight is 214 g/mol. The van der Waals surface area contributed by atoms with Crippen LogP contribution in [0.1, 0.15) is 27.7 Å². The van der Waals surface area contributed by atoms with Gasteiger partial charge >= 0.3 is 0 Å². The Morgan fingerprint density at radius 3 is 2.67 bits per heavy atom. The Morgan fingerprint density at radius 1 is 1.60 bits per heavy atom. The van der Waals surface area contributed by atoms with E-state index in [0.29, 0.717) is 6.54 Å². The maximum absolute atomic E-state index is 12.1. The van der Waals surface area contributed by atoms with E-state index in [1.807, 2.05) is 27.7 Å². The third-order valence-electron chi connectivity index (χ3n) is 2.49. The lowest BCUT2D eigenvalue weighted by atomic mass is 10.0. The highest BCUT2D eigenvalue weighted by atomic mass is 16.2. The summed E-state index contributed by atoms with van der Waals surface area (Å²) in [5.74, 6) is 0.0306. The quantitative estimate of drug-likeness (QED) is 0.576. The minimum Gasteiger partial charge on any atom is -0.325 e. The highest BCUT2D eigenvalue weighted by Gasteiger charge is 2.38. The van der Waals surface area contributed by atoms with Crippen LogP contribution < -0.4 is 16.5 Å². The first-order valence-corrected chi connectivity index (χ1v) is 5.44. The molecule has 15 heavy (non-hydrogen) atoms. The van der Waals surface area contributed by atoms with Gasteiger partial charge in [0.2, 0.25) is 0 Å². The molecule has 4 N–H and O–H groups in total. The summed E-state index contributed by atoms with van der Waals surface area (Å²) in [7, 11) is 0. The number of hydrazine groups is 1. The summed E-state index contributed by atoms with van der Waals surface area (Å²) in [6.07, 6.45) is 0. The Kier molecular flexibility index (Phi) is 3.70. The van der Waals surface area contributed by atoms with E-state index >= 15 is 0 Å². The van der Waals surface area contributed by atoms with Crippen molar-refractivity contribution in [3.8, 4) is 0 Å². The van der Waals surface area contributed by atoms with Crippen LogP contribution in [0.15, 0.2) is 0 Å². The van der Waals surface area contributed by atoms with Gasteiger partial charge in [0.05, 0.1) is 5.54 Å². The summed E-state index contributed by atoms with van der Waals surface area (Å²) in [5.41, 5.74) is 8.74. The number of rotatable bonds is 2. The molecule has 1 amide bonds. The van der Waals surface area contributed by atoms with Crippen molar-refractivity contribution < 1.29 is 4.79 Å². The lowest BCUT2D eigenvalue weighted by Gasteiger charge is -2.43. The minimum absolute atomic E-state index is 0.0306. The van der Waals surface area contributed by atoms with Gasteiger partial charge in [-0.2, -0.15) is 0 Å². The summed E-state index contributed by atoms with van der Waals surface area (Å²) in [4.78, 5) is 12.1. The van der Waals surface area contributed by atoms with Crippen molar-refractivity contribution in [3.63, 3.8) is 0 Å². The molecule has 1 aliphatic heterocycles. The Labute approximate surface area is 91.3 Å². The van der Waals surface area contributed by atoms with Crippen molar-refractivity contribution in [1.29, 1.82) is 0 Å². The molecular weight excluding hydrogens is 192 g/mol. The molecule has 5 nitrogen and oxygen atoms in total. The lowest BCUT2D eigenvalue weighted by molar-refractivity contribution is -0.147. The molecule has 1 fully saturated rings. The summed E-state index contributed by atoms with van der Waals surface area (Å²) in [6.45, 7) is 9.35. The fourth-order valence-corrected chi connectivity index (χ4v) is 1.74. The fraction of sp³-hybridized carbons (Fsp3) is 0.900. The van der Waals surface area contributed by atoms with Crippen molar-refractivity contribution >= 4 is 5.91 Å². The molecular formula is C10H22N4O. The summed E-state index contributed by atoms with van der Waals surface area (Å²) >= 11 is 0. The van der Waals surface area contributed by atoms with Crippen molar-refractivity contribution in [3.05, 3.63) is 0 Å². The highest BCUT2D eigenvalue weighted by molar-refractivity contribution is 5.83. The highest BCUT2D eigenvalue weighted by Crippen LogP contribution is 2.15. The van der Waals surface area contributed by atoms with Gasteiger partial charge in [-0.15, -0.1) is 0 Å². The number of nitrogens with one attached hydrogen (secondary N) is 2.